The quantitative estimate of drug-likeness (QED) is 0.279. The van der Waals surface area contributed by atoms with Crippen LogP contribution >= 0.6 is 35.3 Å². The second-order valence-electron chi connectivity index (χ2n) is 5.83. The standard InChI is InChI=1S/C16H23F3N4O2S.HI/c1-3-20-15(21-8-13-22-12(10-26-13)16(17,18)19)23-7-5-6-11(9-23)14(24)25-4-2;/h10-11H,3-9H2,1-2H3,(H,20,21);1H. The molecule has 0 aromatic carbocycles. The van der Waals surface area contributed by atoms with E-state index in [-0.39, 0.29) is 42.4 Å². The molecule has 27 heavy (non-hydrogen) atoms. The maximum atomic E-state index is 12.6. The van der Waals surface area contributed by atoms with Crippen LogP contribution < -0.4 is 5.32 Å². The molecule has 1 unspecified atom stereocenters. The summed E-state index contributed by atoms with van der Waals surface area (Å²) in [6, 6.07) is 0. The molecule has 0 aliphatic carbocycles. The SMILES string of the molecule is CCNC(=NCc1nc(C(F)(F)F)cs1)N1CCCC(C(=O)OCC)C1.I. The maximum absolute atomic E-state index is 12.6. The Morgan fingerprint density at radius 2 is 2.22 bits per heavy atom. The van der Waals surface area contributed by atoms with Crippen molar-refractivity contribution in [2.24, 2.45) is 10.9 Å². The van der Waals surface area contributed by atoms with Crippen molar-refractivity contribution in [1.29, 1.82) is 0 Å². The minimum absolute atomic E-state index is 0. The summed E-state index contributed by atoms with van der Waals surface area (Å²) in [4.78, 5) is 21.9. The van der Waals surface area contributed by atoms with Gasteiger partial charge in [-0.1, -0.05) is 0 Å². The van der Waals surface area contributed by atoms with Crippen molar-refractivity contribution in [2.75, 3.05) is 26.2 Å². The van der Waals surface area contributed by atoms with E-state index in [1.807, 2.05) is 11.8 Å². The van der Waals surface area contributed by atoms with Crippen LogP contribution in [0.4, 0.5) is 13.2 Å². The van der Waals surface area contributed by atoms with E-state index in [1.165, 1.54) is 0 Å². The number of nitrogens with one attached hydrogen (secondary N) is 1. The minimum Gasteiger partial charge on any atom is -0.466 e. The second kappa shape index (κ2) is 11.0. The Kier molecular flexibility index (Phi) is 9.77. The molecule has 1 aromatic rings. The Bertz CT molecular complexity index is 639. The van der Waals surface area contributed by atoms with Gasteiger partial charge in [-0.25, -0.2) is 9.98 Å². The number of hydrogen-bond acceptors (Lipinski definition) is 5. The van der Waals surface area contributed by atoms with Crippen LogP contribution in [0.3, 0.4) is 0 Å². The first-order valence-corrected chi connectivity index (χ1v) is 9.44. The molecular weight excluding hydrogens is 496 g/mol. The predicted octanol–water partition coefficient (Wildman–Crippen LogP) is 3.52. The van der Waals surface area contributed by atoms with Crippen molar-refractivity contribution >= 4 is 47.2 Å². The summed E-state index contributed by atoms with van der Waals surface area (Å²) in [5.41, 5.74) is -0.891. The number of halogens is 4. The number of likely N-dealkylation sites (tertiary alicyclic amines) is 1. The number of carbonyl (C=O) groups is 1. The average Bonchev–Trinajstić information content (AvgIpc) is 3.08. The van der Waals surface area contributed by atoms with Crippen LogP contribution in [0.5, 0.6) is 0 Å². The van der Waals surface area contributed by atoms with Crippen LogP contribution in [-0.2, 0) is 22.3 Å². The number of alkyl halides is 3. The molecule has 0 amide bonds. The zero-order chi connectivity index (χ0) is 19.2. The lowest BCUT2D eigenvalue weighted by Crippen LogP contribution is -2.48. The molecule has 0 spiro atoms. The molecular formula is C16H24F3IN4O2S. The van der Waals surface area contributed by atoms with E-state index in [4.69, 9.17) is 4.74 Å². The summed E-state index contributed by atoms with van der Waals surface area (Å²) in [6.45, 7) is 5.91. The van der Waals surface area contributed by atoms with Gasteiger partial charge in [0.1, 0.15) is 5.01 Å². The zero-order valence-corrected chi connectivity index (χ0v) is 18.4. The molecule has 154 valence electrons. The first-order valence-electron chi connectivity index (χ1n) is 8.56. The number of aromatic nitrogens is 1. The Labute approximate surface area is 177 Å². The van der Waals surface area contributed by atoms with E-state index in [2.05, 4.69) is 15.3 Å². The van der Waals surface area contributed by atoms with Crippen molar-refractivity contribution in [3.8, 4) is 0 Å². The Balaban J connectivity index is 0.00000364. The van der Waals surface area contributed by atoms with Gasteiger partial charge in [-0.2, -0.15) is 13.2 Å². The molecule has 0 radical (unpaired) electrons. The molecule has 11 heteroatoms. The molecule has 2 rings (SSSR count). The van der Waals surface area contributed by atoms with Crippen molar-refractivity contribution < 1.29 is 22.7 Å². The number of nitrogens with zero attached hydrogens (tertiary/aromatic N) is 3. The minimum atomic E-state index is -4.44. The highest BCUT2D eigenvalue weighted by Gasteiger charge is 2.33. The van der Waals surface area contributed by atoms with Crippen molar-refractivity contribution in [1.82, 2.24) is 15.2 Å². The number of rotatable bonds is 5. The Hall–Kier alpha value is -1.11. The van der Waals surface area contributed by atoms with Crippen LogP contribution in [0, 0.1) is 5.92 Å². The van der Waals surface area contributed by atoms with E-state index in [9.17, 15) is 18.0 Å². The van der Waals surface area contributed by atoms with Gasteiger partial charge in [0, 0.05) is 25.0 Å². The fourth-order valence-corrected chi connectivity index (χ4v) is 3.43. The van der Waals surface area contributed by atoms with E-state index < -0.39 is 11.9 Å². The number of thiazole rings is 1. The van der Waals surface area contributed by atoms with Gasteiger partial charge in [0.2, 0.25) is 0 Å². The third-order valence-electron chi connectivity index (χ3n) is 3.88. The number of esters is 1. The van der Waals surface area contributed by atoms with Gasteiger partial charge in [0.15, 0.2) is 11.7 Å². The number of guanidine groups is 1. The third-order valence-corrected chi connectivity index (χ3v) is 4.72. The van der Waals surface area contributed by atoms with Gasteiger partial charge in [0.25, 0.3) is 0 Å². The van der Waals surface area contributed by atoms with Gasteiger partial charge in [-0.3, -0.25) is 4.79 Å². The monoisotopic (exact) mass is 520 g/mol. The van der Waals surface area contributed by atoms with Crippen molar-refractivity contribution in [2.45, 2.75) is 39.4 Å². The number of aliphatic imine (C=N–C) groups is 1. The van der Waals surface area contributed by atoms with E-state index in [0.29, 0.717) is 30.7 Å². The lowest BCUT2D eigenvalue weighted by molar-refractivity contribution is -0.149. The Morgan fingerprint density at radius 3 is 2.81 bits per heavy atom. The molecule has 1 aliphatic heterocycles. The lowest BCUT2D eigenvalue weighted by Gasteiger charge is -2.33. The van der Waals surface area contributed by atoms with Crippen LogP contribution in [0.2, 0.25) is 0 Å². The largest absolute Gasteiger partial charge is 0.466 e. The molecule has 1 atom stereocenters. The molecule has 1 saturated heterocycles. The smallest absolute Gasteiger partial charge is 0.434 e. The summed E-state index contributed by atoms with van der Waals surface area (Å²) in [5, 5.41) is 4.42. The molecule has 0 bridgehead atoms. The maximum Gasteiger partial charge on any atom is 0.434 e. The normalized spacial score (nSPS) is 18.0. The van der Waals surface area contributed by atoms with Gasteiger partial charge in [0.05, 0.1) is 19.1 Å². The average molecular weight is 520 g/mol. The number of piperidine rings is 1. The molecule has 2 heterocycles. The highest BCUT2D eigenvalue weighted by molar-refractivity contribution is 14.0. The van der Waals surface area contributed by atoms with Gasteiger partial charge < -0.3 is 15.0 Å². The van der Waals surface area contributed by atoms with Crippen LogP contribution in [0.25, 0.3) is 0 Å². The van der Waals surface area contributed by atoms with Gasteiger partial charge in [-0.15, -0.1) is 35.3 Å². The second-order valence-corrected chi connectivity index (χ2v) is 6.77. The van der Waals surface area contributed by atoms with Crippen molar-refractivity contribution in [3.05, 3.63) is 16.1 Å². The topological polar surface area (TPSA) is 66.8 Å². The number of ether oxygens (including phenoxy) is 1. The number of carbonyl (C=O) groups excluding carboxylic acids is 1. The summed E-state index contributed by atoms with van der Waals surface area (Å²) >= 11 is 0.937. The highest BCUT2D eigenvalue weighted by atomic mass is 127. The van der Waals surface area contributed by atoms with Crippen molar-refractivity contribution in [3.63, 3.8) is 0 Å². The van der Waals surface area contributed by atoms with E-state index in [1.54, 1.807) is 6.92 Å². The van der Waals surface area contributed by atoms with Crippen LogP contribution in [0.1, 0.15) is 37.4 Å². The molecule has 1 N–H and O–H groups in total. The van der Waals surface area contributed by atoms with Crippen LogP contribution in [-0.4, -0.2) is 48.1 Å². The third kappa shape index (κ3) is 7.09. The highest BCUT2D eigenvalue weighted by Crippen LogP contribution is 2.30. The molecule has 0 saturated carbocycles. The summed E-state index contributed by atoms with van der Waals surface area (Å²) in [5.74, 6) is 0.136. The molecule has 1 aliphatic rings. The van der Waals surface area contributed by atoms with Gasteiger partial charge in [-0.05, 0) is 26.7 Å². The van der Waals surface area contributed by atoms with E-state index >= 15 is 0 Å². The summed E-state index contributed by atoms with van der Waals surface area (Å²) < 4.78 is 43.0. The van der Waals surface area contributed by atoms with Gasteiger partial charge >= 0.3 is 12.1 Å². The fraction of sp³-hybridized carbons (Fsp3) is 0.688. The predicted molar refractivity (Wildman–Crippen MR) is 108 cm³/mol. The number of hydrogen-bond donors (Lipinski definition) is 1. The summed E-state index contributed by atoms with van der Waals surface area (Å²) in [6.07, 6.45) is -2.86. The molecule has 6 nitrogen and oxygen atoms in total. The first kappa shape index (κ1) is 23.9. The van der Waals surface area contributed by atoms with E-state index in [0.717, 1.165) is 36.1 Å². The lowest BCUT2D eigenvalue weighted by atomic mass is 9.98. The fourth-order valence-electron chi connectivity index (χ4n) is 2.70. The summed E-state index contributed by atoms with van der Waals surface area (Å²) in [7, 11) is 0. The molecule has 1 fully saturated rings. The first-order chi connectivity index (χ1) is 12.3. The molecule has 1 aromatic heterocycles. The van der Waals surface area contributed by atoms with Crippen LogP contribution in [0.15, 0.2) is 10.4 Å². The Morgan fingerprint density at radius 1 is 1.48 bits per heavy atom. The zero-order valence-electron chi connectivity index (χ0n) is 15.2.